The average Bonchev–Trinajstić information content (AvgIpc) is 2.90. The first-order valence-corrected chi connectivity index (χ1v) is 9.38. The van der Waals surface area contributed by atoms with E-state index in [1.54, 1.807) is 18.2 Å². The standard InChI is InChI=1S/C14H10Cl2N2O3S2/c1-21-10-6-5-8(15)7-12(10)23(19,20)18-14-17-13-9(16)3-2-4-11(13)22-14/h2-7H,1H3,(H,17,18). The quantitative estimate of drug-likeness (QED) is 0.718. The number of rotatable bonds is 4. The number of methoxy groups -OCH3 is 1. The minimum atomic E-state index is -3.89. The summed E-state index contributed by atoms with van der Waals surface area (Å²) in [5.74, 6) is 0.195. The van der Waals surface area contributed by atoms with E-state index in [4.69, 9.17) is 27.9 Å². The number of benzene rings is 2. The van der Waals surface area contributed by atoms with Crippen LogP contribution in [0, 0.1) is 0 Å². The first kappa shape index (κ1) is 16.3. The SMILES string of the molecule is COc1ccc(Cl)cc1S(=O)(=O)Nc1nc2c(Cl)cccc2s1. The molecule has 0 saturated heterocycles. The van der Waals surface area contributed by atoms with Gasteiger partial charge in [-0.1, -0.05) is 40.6 Å². The van der Waals surface area contributed by atoms with Gasteiger partial charge in [0.25, 0.3) is 10.0 Å². The highest BCUT2D eigenvalue weighted by Crippen LogP contribution is 2.33. The van der Waals surface area contributed by atoms with Crippen LogP contribution < -0.4 is 9.46 Å². The van der Waals surface area contributed by atoms with Crippen molar-refractivity contribution in [3.8, 4) is 5.75 Å². The Kier molecular flexibility index (Phi) is 4.37. The van der Waals surface area contributed by atoms with E-state index in [9.17, 15) is 8.42 Å². The number of hydrogen-bond acceptors (Lipinski definition) is 5. The first-order valence-electron chi connectivity index (χ1n) is 6.32. The van der Waals surface area contributed by atoms with Crippen LogP contribution >= 0.6 is 34.5 Å². The summed E-state index contributed by atoms with van der Waals surface area (Å²) in [5.41, 5.74) is 0.551. The molecule has 0 amide bonds. The van der Waals surface area contributed by atoms with Crippen LogP contribution in [-0.4, -0.2) is 20.5 Å². The molecule has 0 aliphatic rings. The zero-order valence-corrected chi connectivity index (χ0v) is 14.9. The van der Waals surface area contributed by atoms with E-state index in [2.05, 4.69) is 9.71 Å². The van der Waals surface area contributed by atoms with Crippen molar-refractivity contribution in [3.05, 3.63) is 46.4 Å². The van der Waals surface area contributed by atoms with E-state index in [0.717, 1.165) is 4.70 Å². The number of ether oxygens (including phenoxy) is 1. The summed E-state index contributed by atoms with van der Waals surface area (Å²) in [6.45, 7) is 0. The minimum Gasteiger partial charge on any atom is -0.495 e. The molecular weight excluding hydrogens is 379 g/mol. The van der Waals surface area contributed by atoms with Crippen LogP contribution in [0.15, 0.2) is 41.3 Å². The Morgan fingerprint density at radius 3 is 2.70 bits per heavy atom. The Bertz CT molecular complexity index is 987. The van der Waals surface area contributed by atoms with Gasteiger partial charge in [-0.25, -0.2) is 13.4 Å². The smallest absolute Gasteiger partial charge is 0.267 e. The highest BCUT2D eigenvalue weighted by molar-refractivity contribution is 7.93. The van der Waals surface area contributed by atoms with E-state index in [0.29, 0.717) is 15.6 Å². The van der Waals surface area contributed by atoms with Gasteiger partial charge in [0.05, 0.1) is 16.8 Å². The van der Waals surface area contributed by atoms with E-state index >= 15 is 0 Å². The second kappa shape index (κ2) is 6.16. The Hall–Kier alpha value is -1.54. The number of hydrogen-bond donors (Lipinski definition) is 1. The van der Waals surface area contributed by atoms with Gasteiger partial charge in [0.15, 0.2) is 5.13 Å². The van der Waals surface area contributed by atoms with Gasteiger partial charge in [-0.15, -0.1) is 0 Å². The molecule has 23 heavy (non-hydrogen) atoms. The lowest BCUT2D eigenvalue weighted by molar-refractivity contribution is 0.403. The molecule has 120 valence electrons. The highest BCUT2D eigenvalue weighted by atomic mass is 35.5. The molecule has 3 aromatic rings. The number of fused-ring (bicyclic) bond motifs is 1. The van der Waals surface area contributed by atoms with E-state index in [-0.39, 0.29) is 15.8 Å². The number of nitrogens with one attached hydrogen (secondary N) is 1. The van der Waals surface area contributed by atoms with Crippen molar-refractivity contribution in [2.45, 2.75) is 4.90 Å². The summed E-state index contributed by atoms with van der Waals surface area (Å²) in [7, 11) is -2.51. The maximum atomic E-state index is 12.6. The Morgan fingerprint density at radius 1 is 1.22 bits per heavy atom. The molecule has 0 fully saturated rings. The van der Waals surface area contributed by atoms with Gasteiger partial charge in [0.1, 0.15) is 16.2 Å². The molecular formula is C14H10Cl2N2O3S2. The molecule has 1 heterocycles. The fraction of sp³-hybridized carbons (Fsp3) is 0.0714. The molecule has 2 aromatic carbocycles. The second-order valence-electron chi connectivity index (χ2n) is 4.51. The number of sulfonamides is 1. The summed E-state index contributed by atoms with van der Waals surface area (Å²) in [6.07, 6.45) is 0. The zero-order valence-electron chi connectivity index (χ0n) is 11.7. The fourth-order valence-corrected chi connectivity index (χ4v) is 4.82. The molecule has 3 rings (SSSR count). The molecule has 9 heteroatoms. The van der Waals surface area contributed by atoms with Crippen LogP contribution in [0.3, 0.4) is 0 Å². The minimum absolute atomic E-state index is 0.0575. The number of aromatic nitrogens is 1. The van der Waals surface area contributed by atoms with Gasteiger partial charge in [0, 0.05) is 5.02 Å². The summed E-state index contributed by atoms with van der Waals surface area (Å²) in [5, 5.41) is 0.971. The van der Waals surface area contributed by atoms with Crippen molar-refractivity contribution in [2.75, 3.05) is 11.8 Å². The van der Waals surface area contributed by atoms with Crippen molar-refractivity contribution in [1.29, 1.82) is 0 Å². The Morgan fingerprint density at radius 2 is 2.00 bits per heavy atom. The first-order chi connectivity index (χ1) is 10.9. The van der Waals surface area contributed by atoms with Crippen molar-refractivity contribution < 1.29 is 13.2 Å². The zero-order chi connectivity index (χ0) is 16.6. The molecule has 0 bridgehead atoms. The molecule has 0 spiro atoms. The van der Waals surface area contributed by atoms with Crippen molar-refractivity contribution in [2.24, 2.45) is 0 Å². The molecule has 0 saturated carbocycles. The van der Waals surface area contributed by atoms with E-state index in [1.165, 1.54) is 30.6 Å². The predicted octanol–water partition coefficient (Wildman–Crippen LogP) is 4.41. The largest absolute Gasteiger partial charge is 0.495 e. The number of para-hydroxylation sites is 1. The third kappa shape index (κ3) is 3.23. The molecule has 5 nitrogen and oxygen atoms in total. The van der Waals surface area contributed by atoms with Crippen molar-refractivity contribution in [1.82, 2.24) is 4.98 Å². The lowest BCUT2D eigenvalue weighted by Gasteiger charge is -2.10. The lowest BCUT2D eigenvalue weighted by Crippen LogP contribution is -2.14. The van der Waals surface area contributed by atoms with Crippen molar-refractivity contribution in [3.63, 3.8) is 0 Å². The van der Waals surface area contributed by atoms with Gasteiger partial charge in [0.2, 0.25) is 0 Å². The van der Waals surface area contributed by atoms with Crippen LogP contribution in [0.4, 0.5) is 5.13 Å². The third-order valence-corrected chi connectivity index (χ3v) is 5.97. The third-order valence-electron chi connectivity index (χ3n) is 3.01. The molecule has 1 N–H and O–H groups in total. The number of halogens is 2. The summed E-state index contributed by atoms with van der Waals surface area (Å²) >= 11 is 13.1. The molecule has 0 radical (unpaired) electrons. The normalized spacial score (nSPS) is 11.6. The number of nitrogens with zero attached hydrogens (tertiary/aromatic N) is 1. The predicted molar refractivity (Wildman–Crippen MR) is 93.4 cm³/mol. The molecule has 0 unspecified atom stereocenters. The summed E-state index contributed by atoms with van der Waals surface area (Å²) < 4.78 is 33.5. The maximum Gasteiger partial charge on any atom is 0.267 e. The topological polar surface area (TPSA) is 68.3 Å². The van der Waals surface area contributed by atoms with Crippen LogP contribution in [-0.2, 0) is 10.0 Å². The molecule has 1 aromatic heterocycles. The number of anilines is 1. The fourth-order valence-electron chi connectivity index (χ4n) is 1.99. The molecule has 0 aliphatic heterocycles. The van der Waals surface area contributed by atoms with Crippen molar-refractivity contribution >= 4 is 59.9 Å². The van der Waals surface area contributed by atoms with Gasteiger partial charge >= 0.3 is 0 Å². The van der Waals surface area contributed by atoms with Gasteiger partial charge < -0.3 is 4.74 Å². The number of thiazole rings is 1. The molecule has 0 aliphatic carbocycles. The average molecular weight is 389 g/mol. The summed E-state index contributed by atoms with van der Waals surface area (Å²) in [4.78, 5) is 4.17. The monoisotopic (exact) mass is 388 g/mol. The van der Waals surface area contributed by atoms with E-state index in [1.807, 2.05) is 6.07 Å². The van der Waals surface area contributed by atoms with Crippen LogP contribution in [0.2, 0.25) is 10.0 Å². The Balaban J connectivity index is 2.03. The van der Waals surface area contributed by atoms with Gasteiger partial charge in [-0.2, -0.15) is 0 Å². The van der Waals surface area contributed by atoms with Crippen LogP contribution in [0.1, 0.15) is 0 Å². The van der Waals surface area contributed by atoms with Crippen LogP contribution in [0.5, 0.6) is 5.75 Å². The lowest BCUT2D eigenvalue weighted by atomic mass is 10.3. The Labute approximate surface area is 146 Å². The van der Waals surface area contributed by atoms with E-state index < -0.39 is 10.0 Å². The molecule has 0 atom stereocenters. The highest BCUT2D eigenvalue weighted by Gasteiger charge is 2.22. The second-order valence-corrected chi connectivity index (χ2v) is 8.03. The van der Waals surface area contributed by atoms with Gasteiger partial charge in [-0.05, 0) is 30.3 Å². The maximum absolute atomic E-state index is 12.6. The van der Waals surface area contributed by atoms with Crippen LogP contribution in [0.25, 0.3) is 10.2 Å². The van der Waals surface area contributed by atoms with Gasteiger partial charge in [-0.3, -0.25) is 4.72 Å². The summed E-state index contributed by atoms with van der Waals surface area (Å²) in [6, 6.07) is 9.66.